The number of anilines is 1. The normalized spacial score (nSPS) is 10.7. The summed E-state index contributed by atoms with van der Waals surface area (Å²) in [7, 11) is 3.52. The van der Waals surface area contributed by atoms with Crippen LogP contribution in [0, 0.1) is 0 Å². The number of thiophene rings is 1. The Morgan fingerprint density at radius 1 is 1.20 bits per heavy atom. The van der Waals surface area contributed by atoms with Crippen LogP contribution in [0.5, 0.6) is 5.75 Å². The van der Waals surface area contributed by atoms with E-state index in [1.54, 1.807) is 23.1 Å². The number of hydrogen-bond acceptors (Lipinski definition) is 4. The molecule has 20 heavy (non-hydrogen) atoms. The minimum Gasteiger partial charge on any atom is -0.497 e. The van der Waals surface area contributed by atoms with Crippen LogP contribution < -0.4 is 10.5 Å². The van der Waals surface area contributed by atoms with Crippen LogP contribution in [0.25, 0.3) is 21.7 Å². The fourth-order valence-electron chi connectivity index (χ4n) is 2.15. The van der Waals surface area contributed by atoms with Crippen LogP contribution in [0.4, 0.5) is 5.82 Å². The van der Waals surface area contributed by atoms with Crippen LogP contribution in [0.15, 0.2) is 41.8 Å². The lowest BCUT2D eigenvalue weighted by Gasteiger charge is -2.03. The summed E-state index contributed by atoms with van der Waals surface area (Å²) in [5, 5.41) is 6.59. The Kier molecular flexibility index (Phi) is 3.20. The maximum absolute atomic E-state index is 6.17. The first-order valence-electron chi connectivity index (χ1n) is 6.21. The lowest BCUT2D eigenvalue weighted by molar-refractivity contribution is 0.415. The first-order valence-corrected chi connectivity index (χ1v) is 7.09. The molecule has 0 aliphatic heterocycles. The molecule has 3 aromatic rings. The molecular weight excluding hydrogens is 270 g/mol. The summed E-state index contributed by atoms with van der Waals surface area (Å²) in [6.45, 7) is 0. The number of methoxy groups -OCH3 is 1. The summed E-state index contributed by atoms with van der Waals surface area (Å²) in [4.78, 5) is 1.13. The molecule has 2 N–H and O–H groups in total. The number of aryl methyl sites for hydroxylation is 1. The van der Waals surface area contributed by atoms with Gasteiger partial charge in [0.05, 0.1) is 12.7 Å². The molecule has 0 bridgehead atoms. The molecule has 0 aliphatic rings. The van der Waals surface area contributed by atoms with Crippen LogP contribution in [-0.4, -0.2) is 16.9 Å². The minimum atomic E-state index is 0.679. The van der Waals surface area contributed by atoms with Gasteiger partial charge in [-0.05, 0) is 35.7 Å². The summed E-state index contributed by atoms with van der Waals surface area (Å²) in [6, 6.07) is 11.9. The van der Waals surface area contributed by atoms with Gasteiger partial charge in [-0.15, -0.1) is 11.3 Å². The lowest BCUT2D eigenvalue weighted by Crippen LogP contribution is -1.97. The van der Waals surface area contributed by atoms with Gasteiger partial charge in [0.25, 0.3) is 0 Å². The number of nitrogen functional groups attached to an aromatic ring is 1. The van der Waals surface area contributed by atoms with Gasteiger partial charge < -0.3 is 10.5 Å². The molecule has 2 aromatic heterocycles. The van der Waals surface area contributed by atoms with Crippen molar-refractivity contribution in [3.63, 3.8) is 0 Å². The van der Waals surface area contributed by atoms with Crippen LogP contribution in [0.3, 0.4) is 0 Å². The smallest absolute Gasteiger partial charge is 0.130 e. The summed E-state index contributed by atoms with van der Waals surface area (Å²) < 4.78 is 6.91. The summed E-state index contributed by atoms with van der Waals surface area (Å²) in [6.07, 6.45) is 0. The Hall–Kier alpha value is -2.27. The molecule has 2 heterocycles. The van der Waals surface area contributed by atoms with Crippen molar-refractivity contribution in [1.29, 1.82) is 0 Å². The Balaban J connectivity index is 2.16. The zero-order valence-corrected chi connectivity index (χ0v) is 12.1. The van der Waals surface area contributed by atoms with E-state index in [0.29, 0.717) is 5.82 Å². The third-order valence-corrected chi connectivity index (χ3v) is 4.11. The average Bonchev–Trinajstić information content (AvgIpc) is 3.08. The molecule has 3 rings (SSSR count). The standard InChI is InChI=1S/C15H15N3OS/c1-18-15(16)13(12-4-3-9-20-12)14(17-18)10-5-7-11(19-2)8-6-10/h3-9H,16H2,1-2H3. The maximum atomic E-state index is 6.17. The largest absolute Gasteiger partial charge is 0.497 e. The van der Waals surface area contributed by atoms with Crippen LogP contribution in [-0.2, 0) is 7.05 Å². The van der Waals surface area contributed by atoms with Crippen molar-refractivity contribution in [3.8, 4) is 27.4 Å². The first kappa shape index (κ1) is 12.7. The van der Waals surface area contributed by atoms with Crippen molar-refractivity contribution < 1.29 is 4.74 Å². The lowest BCUT2D eigenvalue weighted by atomic mass is 10.1. The quantitative estimate of drug-likeness (QED) is 0.802. The van der Waals surface area contributed by atoms with Gasteiger partial charge in [-0.3, -0.25) is 4.68 Å². The van der Waals surface area contributed by atoms with E-state index in [0.717, 1.165) is 27.4 Å². The highest BCUT2D eigenvalue weighted by atomic mass is 32.1. The minimum absolute atomic E-state index is 0.679. The van der Waals surface area contributed by atoms with Gasteiger partial charge in [-0.1, -0.05) is 6.07 Å². The number of ether oxygens (including phenoxy) is 1. The average molecular weight is 285 g/mol. The second kappa shape index (κ2) is 5.02. The van der Waals surface area contributed by atoms with Gasteiger partial charge in [-0.2, -0.15) is 5.10 Å². The molecule has 0 radical (unpaired) electrons. The zero-order chi connectivity index (χ0) is 14.1. The highest BCUT2D eigenvalue weighted by Crippen LogP contribution is 2.38. The third kappa shape index (κ3) is 2.06. The summed E-state index contributed by atoms with van der Waals surface area (Å²) >= 11 is 1.66. The molecule has 0 spiro atoms. The molecule has 0 fully saturated rings. The zero-order valence-electron chi connectivity index (χ0n) is 11.3. The Morgan fingerprint density at radius 2 is 1.95 bits per heavy atom. The van der Waals surface area contributed by atoms with Gasteiger partial charge in [0.15, 0.2) is 0 Å². The number of nitrogens with two attached hydrogens (primary N) is 1. The monoisotopic (exact) mass is 285 g/mol. The second-order valence-corrected chi connectivity index (χ2v) is 5.39. The molecule has 1 aromatic carbocycles. The van der Waals surface area contributed by atoms with Crippen LogP contribution >= 0.6 is 11.3 Å². The Bertz CT molecular complexity index is 714. The maximum Gasteiger partial charge on any atom is 0.130 e. The van der Waals surface area contributed by atoms with E-state index >= 15 is 0 Å². The van der Waals surface area contributed by atoms with Crippen molar-refractivity contribution in [2.75, 3.05) is 12.8 Å². The Morgan fingerprint density at radius 3 is 2.55 bits per heavy atom. The molecule has 0 amide bonds. The molecular formula is C15H15N3OS. The fraction of sp³-hybridized carbons (Fsp3) is 0.133. The van der Waals surface area contributed by atoms with Crippen molar-refractivity contribution >= 4 is 17.2 Å². The van der Waals surface area contributed by atoms with E-state index in [1.165, 1.54) is 0 Å². The number of benzene rings is 1. The number of aromatic nitrogens is 2. The summed E-state index contributed by atoms with van der Waals surface area (Å²) in [5.74, 6) is 1.51. The first-order chi connectivity index (χ1) is 9.70. The molecule has 102 valence electrons. The molecule has 5 heteroatoms. The van der Waals surface area contributed by atoms with Gasteiger partial charge >= 0.3 is 0 Å². The van der Waals surface area contributed by atoms with Crippen molar-refractivity contribution in [3.05, 3.63) is 41.8 Å². The van der Waals surface area contributed by atoms with E-state index in [1.807, 2.05) is 42.8 Å². The van der Waals surface area contributed by atoms with Gasteiger partial charge in [0, 0.05) is 17.5 Å². The third-order valence-electron chi connectivity index (χ3n) is 3.22. The molecule has 0 atom stereocenters. The number of rotatable bonds is 3. The topological polar surface area (TPSA) is 53.1 Å². The molecule has 4 nitrogen and oxygen atoms in total. The van der Waals surface area contributed by atoms with Gasteiger partial charge in [0.2, 0.25) is 0 Å². The highest BCUT2D eigenvalue weighted by Gasteiger charge is 2.17. The van der Waals surface area contributed by atoms with Gasteiger partial charge in [-0.25, -0.2) is 0 Å². The predicted molar refractivity (Wildman–Crippen MR) is 82.9 cm³/mol. The molecule has 0 aliphatic carbocycles. The predicted octanol–water partition coefficient (Wildman–Crippen LogP) is 3.41. The fourth-order valence-corrected chi connectivity index (χ4v) is 2.93. The highest BCUT2D eigenvalue weighted by molar-refractivity contribution is 7.13. The van der Waals surface area contributed by atoms with E-state index in [-0.39, 0.29) is 0 Å². The van der Waals surface area contributed by atoms with E-state index in [4.69, 9.17) is 10.5 Å². The van der Waals surface area contributed by atoms with Crippen LogP contribution in [0.1, 0.15) is 0 Å². The van der Waals surface area contributed by atoms with E-state index in [9.17, 15) is 0 Å². The molecule has 0 saturated heterocycles. The van der Waals surface area contributed by atoms with Crippen molar-refractivity contribution in [1.82, 2.24) is 9.78 Å². The Labute approximate surface area is 121 Å². The van der Waals surface area contributed by atoms with E-state index < -0.39 is 0 Å². The van der Waals surface area contributed by atoms with Gasteiger partial charge in [0.1, 0.15) is 17.3 Å². The van der Waals surface area contributed by atoms with Crippen LogP contribution in [0.2, 0.25) is 0 Å². The number of nitrogens with zero attached hydrogens (tertiary/aromatic N) is 2. The summed E-state index contributed by atoms with van der Waals surface area (Å²) in [5.41, 5.74) is 9.09. The molecule has 0 unspecified atom stereocenters. The van der Waals surface area contributed by atoms with Crippen molar-refractivity contribution in [2.45, 2.75) is 0 Å². The number of hydrogen-bond donors (Lipinski definition) is 1. The SMILES string of the molecule is COc1ccc(-c2nn(C)c(N)c2-c2cccs2)cc1. The second-order valence-electron chi connectivity index (χ2n) is 4.44. The molecule has 0 saturated carbocycles. The van der Waals surface area contributed by atoms with E-state index in [2.05, 4.69) is 11.2 Å². The van der Waals surface area contributed by atoms with Crippen molar-refractivity contribution in [2.24, 2.45) is 7.05 Å².